The Morgan fingerprint density at radius 2 is 2.07 bits per heavy atom. The van der Waals surface area contributed by atoms with Gasteiger partial charge in [0.05, 0.1) is 11.5 Å². The number of Topliss-reactive ketones (excluding diaryl/α,β-unsaturated/α-hetero) is 1. The molecule has 41 heavy (non-hydrogen) atoms. The largest absolute Gasteiger partial charge is 0.490 e. The summed E-state index contributed by atoms with van der Waals surface area (Å²) in [6.07, 6.45) is 2.31. The summed E-state index contributed by atoms with van der Waals surface area (Å²) in [6.45, 7) is 5.92. The van der Waals surface area contributed by atoms with Crippen LogP contribution in [0.4, 0.5) is 10.9 Å². The lowest BCUT2D eigenvalue weighted by Crippen LogP contribution is -2.68. The maximum Gasteiger partial charge on any atom is 0.418 e. The van der Waals surface area contributed by atoms with Crippen molar-refractivity contribution >= 4 is 61.1 Å². The van der Waals surface area contributed by atoms with Gasteiger partial charge in [0.1, 0.15) is 18.2 Å². The highest BCUT2D eigenvalue weighted by Gasteiger charge is 2.57. The zero-order valence-corrected chi connectivity index (χ0v) is 24.1. The highest BCUT2D eigenvalue weighted by molar-refractivity contribution is 7.80. The first kappa shape index (κ1) is 30.0. The Balaban J connectivity index is 1.39. The van der Waals surface area contributed by atoms with Crippen LogP contribution in [0.25, 0.3) is 10.8 Å². The highest BCUT2D eigenvalue weighted by atomic mass is 32.3. The average molecular weight is 608 g/mol. The number of nitrogens with two attached hydrogens (primary N) is 1. The SMILES string of the molecule is CCCNc1nccc2cc(OCCO/N=C(\C(=O)CC3C(=O)N(OS(=O)(=O)O)C3(C)C)c3nsc(N)n3)ccc12. The fourth-order valence-corrected chi connectivity index (χ4v) is 5.02. The van der Waals surface area contributed by atoms with Crippen molar-refractivity contribution in [3.63, 3.8) is 0 Å². The molecule has 2 aromatic heterocycles. The summed E-state index contributed by atoms with van der Waals surface area (Å²) in [5.41, 5.74) is 4.18. The first-order valence-electron chi connectivity index (χ1n) is 12.5. The van der Waals surface area contributed by atoms with E-state index in [0.717, 1.165) is 41.1 Å². The van der Waals surface area contributed by atoms with Crippen molar-refractivity contribution < 1.29 is 36.4 Å². The molecule has 220 valence electrons. The second kappa shape index (κ2) is 12.3. The summed E-state index contributed by atoms with van der Waals surface area (Å²) in [4.78, 5) is 39.3. The molecule has 3 heterocycles. The van der Waals surface area contributed by atoms with Gasteiger partial charge in [-0.2, -0.15) is 22.8 Å². The van der Waals surface area contributed by atoms with Crippen LogP contribution in [0.5, 0.6) is 5.75 Å². The normalized spacial score (nSPS) is 16.9. The Hall–Kier alpha value is -3.93. The number of ketones is 1. The van der Waals surface area contributed by atoms with Crippen molar-refractivity contribution in [2.45, 2.75) is 39.2 Å². The number of carbonyl (C=O) groups is 2. The molecule has 0 aliphatic carbocycles. The number of carbonyl (C=O) groups excluding carboxylic acids is 2. The molecule has 1 saturated heterocycles. The molecule has 0 saturated carbocycles. The predicted molar refractivity (Wildman–Crippen MR) is 150 cm³/mol. The van der Waals surface area contributed by atoms with Crippen molar-refractivity contribution in [1.82, 2.24) is 19.4 Å². The van der Waals surface area contributed by atoms with Gasteiger partial charge in [0.25, 0.3) is 5.91 Å². The molecule has 1 aliphatic heterocycles. The quantitative estimate of drug-likeness (QED) is 0.0790. The number of hydroxylamine groups is 2. The van der Waals surface area contributed by atoms with Crippen molar-refractivity contribution in [2.24, 2.45) is 11.1 Å². The monoisotopic (exact) mass is 607 g/mol. The van der Waals surface area contributed by atoms with E-state index in [-0.39, 0.29) is 36.3 Å². The number of nitrogens with one attached hydrogen (secondary N) is 1. The fraction of sp³-hybridized carbons (Fsp3) is 0.417. The van der Waals surface area contributed by atoms with Crippen LogP contribution in [0.15, 0.2) is 35.6 Å². The van der Waals surface area contributed by atoms with E-state index in [0.29, 0.717) is 10.8 Å². The summed E-state index contributed by atoms with van der Waals surface area (Å²) >= 11 is 0.848. The Bertz CT molecular complexity index is 1570. The van der Waals surface area contributed by atoms with Crippen LogP contribution in [0.3, 0.4) is 0 Å². The van der Waals surface area contributed by atoms with Gasteiger partial charge >= 0.3 is 10.4 Å². The Morgan fingerprint density at radius 1 is 1.29 bits per heavy atom. The van der Waals surface area contributed by atoms with E-state index in [1.165, 1.54) is 13.8 Å². The maximum atomic E-state index is 13.1. The lowest BCUT2D eigenvalue weighted by Gasteiger charge is -2.50. The van der Waals surface area contributed by atoms with Crippen molar-refractivity contribution in [2.75, 3.05) is 30.8 Å². The predicted octanol–water partition coefficient (Wildman–Crippen LogP) is 2.22. The zero-order valence-electron chi connectivity index (χ0n) is 22.4. The number of nitrogen functional groups attached to an aromatic ring is 1. The number of fused-ring (bicyclic) bond motifs is 1. The highest BCUT2D eigenvalue weighted by Crippen LogP contribution is 2.40. The Morgan fingerprint density at radius 3 is 2.73 bits per heavy atom. The van der Waals surface area contributed by atoms with Gasteiger partial charge in [-0.3, -0.25) is 14.1 Å². The Kier molecular flexibility index (Phi) is 9.01. The van der Waals surface area contributed by atoms with Crippen LogP contribution in [0, 0.1) is 5.92 Å². The molecular weight excluding hydrogens is 578 g/mol. The van der Waals surface area contributed by atoms with Crippen LogP contribution in [0.2, 0.25) is 0 Å². The number of pyridine rings is 1. The summed E-state index contributed by atoms with van der Waals surface area (Å²) in [6, 6.07) is 7.48. The van der Waals surface area contributed by atoms with Crippen LogP contribution >= 0.6 is 11.5 Å². The summed E-state index contributed by atoms with van der Waals surface area (Å²) in [5.74, 6) is -1.10. The van der Waals surface area contributed by atoms with Crippen molar-refractivity contribution in [3.05, 3.63) is 36.3 Å². The van der Waals surface area contributed by atoms with E-state index < -0.39 is 33.5 Å². The first-order chi connectivity index (χ1) is 19.4. The third-order valence-electron chi connectivity index (χ3n) is 6.23. The molecule has 1 unspecified atom stereocenters. The van der Waals surface area contributed by atoms with E-state index >= 15 is 0 Å². The topological polar surface area (TPSA) is 209 Å². The van der Waals surface area contributed by atoms with Gasteiger partial charge in [0, 0.05) is 36.1 Å². The van der Waals surface area contributed by atoms with Gasteiger partial charge in [-0.1, -0.05) is 12.1 Å². The molecule has 0 bridgehead atoms. The molecule has 17 heteroatoms. The molecular formula is C24H29N7O8S2. The molecule has 4 rings (SSSR count). The minimum Gasteiger partial charge on any atom is -0.490 e. The fourth-order valence-electron chi connectivity index (χ4n) is 4.13. The second-order valence-electron chi connectivity index (χ2n) is 9.52. The third-order valence-corrected chi connectivity index (χ3v) is 7.11. The molecule has 1 atom stereocenters. The van der Waals surface area contributed by atoms with Crippen molar-refractivity contribution in [1.29, 1.82) is 0 Å². The van der Waals surface area contributed by atoms with E-state index in [9.17, 15) is 18.0 Å². The van der Waals surface area contributed by atoms with Gasteiger partial charge in [-0.15, -0.1) is 4.28 Å². The minimum absolute atomic E-state index is 0.0298. The zero-order chi connectivity index (χ0) is 29.8. The summed E-state index contributed by atoms with van der Waals surface area (Å²) in [5, 5.41) is 9.69. The number of anilines is 2. The molecule has 4 N–H and O–H groups in total. The molecule has 15 nitrogen and oxygen atoms in total. The number of hydrogen-bond donors (Lipinski definition) is 3. The number of benzene rings is 1. The number of aromatic nitrogens is 3. The number of rotatable bonds is 14. The smallest absolute Gasteiger partial charge is 0.418 e. The molecule has 1 aliphatic rings. The molecule has 1 fully saturated rings. The number of hydrogen-bond acceptors (Lipinski definition) is 14. The lowest BCUT2D eigenvalue weighted by molar-refractivity contribution is -0.228. The minimum atomic E-state index is -4.92. The van der Waals surface area contributed by atoms with E-state index in [2.05, 4.69) is 36.0 Å². The van der Waals surface area contributed by atoms with Crippen LogP contribution in [-0.4, -0.2) is 75.1 Å². The number of β-lactam (4-membered cyclic amide) rings is 1. The number of amides is 1. The average Bonchev–Trinajstić information content (AvgIpc) is 3.35. The van der Waals surface area contributed by atoms with E-state index in [1.807, 2.05) is 24.3 Å². The number of ether oxygens (including phenoxy) is 1. The molecule has 0 spiro atoms. The molecule has 0 radical (unpaired) electrons. The van der Waals surface area contributed by atoms with E-state index in [1.54, 1.807) is 6.20 Å². The lowest BCUT2D eigenvalue weighted by atomic mass is 9.75. The molecule has 3 aromatic rings. The molecule has 1 aromatic carbocycles. The third kappa shape index (κ3) is 7.05. The standard InChI is InChI=1S/C24H29N7O8S2/c1-4-8-26-20-16-6-5-15(12-14(16)7-9-27-20)37-10-11-38-29-19(21-28-23(25)40-30-21)18(32)13-17-22(33)31(24(17,2)3)39-41(34,35)36/h5-7,9,12,17H,4,8,10-11,13H2,1-3H3,(H,26,27)(H2,25,28,30)(H,34,35,36)/b29-19+. The second-order valence-corrected chi connectivity index (χ2v) is 11.3. The molecule has 1 amide bonds. The van der Waals surface area contributed by atoms with Gasteiger partial charge < -0.3 is 20.6 Å². The first-order valence-corrected chi connectivity index (χ1v) is 14.6. The van der Waals surface area contributed by atoms with Crippen LogP contribution in [0.1, 0.15) is 39.4 Å². The maximum absolute atomic E-state index is 13.1. The van der Waals surface area contributed by atoms with Gasteiger partial charge in [0.15, 0.2) is 23.2 Å². The van der Waals surface area contributed by atoms with E-state index in [4.69, 9.17) is 19.9 Å². The van der Waals surface area contributed by atoms with Crippen LogP contribution < -0.4 is 15.8 Å². The Labute approximate surface area is 239 Å². The van der Waals surface area contributed by atoms with Gasteiger partial charge in [-0.05, 0) is 49.9 Å². The van der Waals surface area contributed by atoms with Gasteiger partial charge in [0.2, 0.25) is 5.82 Å². The summed E-state index contributed by atoms with van der Waals surface area (Å²) in [7, 11) is -4.92. The summed E-state index contributed by atoms with van der Waals surface area (Å²) < 4.78 is 45.1. The van der Waals surface area contributed by atoms with Gasteiger partial charge in [-0.25, -0.2) is 4.98 Å². The number of nitrogens with zero attached hydrogens (tertiary/aromatic N) is 5. The van der Waals surface area contributed by atoms with Crippen molar-refractivity contribution in [3.8, 4) is 5.75 Å². The van der Waals surface area contributed by atoms with Crippen LogP contribution in [-0.2, 0) is 29.1 Å². The number of oxime groups is 1.